The summed E-state index contributed by atoms with van der Waals surface area (Å²) >= 11 is 4.06. The topological polar surface area (TPSA) is 108 Å². The van der Waals surface area contributed by atoms with Crippen LogP contribution in [0.15, 0.2) is 33.3 Å². The lowest BCUT2D eigenvalue weighted by atomic mass is 9.84. The minimum Gasteiger partial charge on any atom is -0.353 e. The lowest BCUT2D eigenvalue weighted by Gasteiger charge is -2.28. The number of hydrogen-bond donors (Lipinski definition) is 2. The fourth-order valence-electron chi connectivity index (χ4n) is 3.08. The van der Waals surface area contributed by atoms with Crippen molar-refractivity contribution in [2.45, 2.75) is 33.6 Å². The second kappa shape index (κ2) is 8.90. The molecule has 0 bridgehead atoms. The fraction of sp³-hybridized carbons (Fsp3) is 0.316. The summed E-state index contributed by atoms with van der Waals surface area (Å²) in [6, 6.07) is 4.25. The number of carbonyl (C=O) groups is 2. The van der Waals surface area contributed by atoms with E-state index in [1.54, 1.807) is 0 Å². The molecule has 150 valence electrons. The number of thioether (sulfide) groups is 1. The van der Waals surface area contributed by atoms with E-state index in [2.05, 4.69) is 26.9 Å². The highest BCUT2D eigenvalue weighted by molar-refractivity contribution is 8.03. The molecule has 7 nitrogen and oxygen atoms in total. The van der Waals surface area contributed by atoms with Crippen LogP contribution in [0.4, 0.5) is 5.13 Å². The zero-order chi connectivity index (χ0) is 21.1. The Morgan fingerprint density at radius 3 is 2.66 bits per heavy atom. The van der Waals surface area contributed by atoms with E-state index in [-0.39, 0.29) is 17.4 Å². The first-order valence-electron chi connectivity index (χ1n) is 8.71. The Bertz CT molecular complexity index is 1070. The number of nitrogens with zero attached hydrogens (tertiary/aromatic N) is 3. The maximum absolute atomic E-state index is 12.4. The number of aromatic nitrogens is 2. The van der Waals surface area contributed by atoms with Gasteiger partial charge in [0.1, 0.15) is 5.01 Å². The molecule has 0 unspecified atom stereocenters. The number of ketones is 1. The Kier molecular flexibility index (Phi) is 6.52. The number of nitriles is 1. The van der Waals surface area contributed by atoms with Crippen molar-refractivity contribution >= 4 is 51.3 Å². The van der Waals surface area contributed by atoms with Gasteiger partial charge in [0.15, 0.2) is 5.78 Å². The van der Waals surface area contributed by atoms with E-state index in [4.69, 9.17) is 0 Å². The molecule has 2 N–H and O–H groups in total. The van der Waals surface area contributed by atoms with Gasteiger partial charge in [0.25, 0.3) is 0 Å². The number of rotatable bonds is 6. The maximum Gasteiger partial charge on any atom is 0.236 e. The summed E-state index contributed by atoms with van der Waals surface area (Å²) in [5, 5.41) is 27.3. The van der Waals surface area contributed by atoms with Gasteiger partial charge in [0.2, 0.25) is 11.0 Å². The molecule has 10 heteroatoms. The summed E-state index contributed by atoms with van der Waals surface area (Å²) in [5.41, 5.74) is 2.79. The Labute approximate surface area is 180 Å². The zero-order valence-electron chi connectivity index (χ0n) is 16.3. The first-order valence-corrected chi connectivity index (χ1v) is 11.4. The Balaban J connectivity index is 1.87. The summed E-state index contributed by atoms with van der Waals surface area (Å²) < 4.78 is 0. The molecule has 1 atom stereocenters. The molecule has 0 radical (unpaired) electrons. The number of anilines is 1. The number of thiophene rings is 1. The second-order valence-corrected chi connectivity index (χ2v) is 9.55. The molecule has 0 aliphatic carbocycles. The van der Waals surface area contributed by atoms with Gasteiger partial charge < -0.3 is 5.32 Å². The highest BCUT2D eigenvalue weighted by Crippen LogP contribution is 2.43. The smallest absolute Gasteiger partial charge is 0.236 e. The lowest BCUT2D eigenvalue weighted by Crippen LogP contribution is -2.27. The van der Waals surface area contributed by atoms with Crippen LogP contribution in [0.1, 0.15) is 35.2 Å². The van der Waals surface area contributed by atoms with Gasteiger partial charge in [0.05, 0.1) is 28.3 Å². The largest absolute Gasteiger partial charge is 0.353 e. The van der Waals surface area contributed by atoms with Gasteiger partial charge in [-0.3, -0.25) is 14.9 Å². The van der Waals surface area contributed by atoms with Crippen molar-refractivity contribution in [3.8, 4) is 6.07 Å². The first kappa shape index (κ1) is 21.2. The molecule has 0 aromatic carbocycles. The van der Waals surface area contributed by atoms with Crippen molar-refractivity contribution in [3.05, 3.63) is 48.8 Å². The number of dihydropyridines is 1. The van der Waals surface area contributed by atoms with Crippen LogP contribution in [0.3, 0.4) is 0 Å². The van der Waals surface area contributed by atoms with E-state index in [1.165, 1.54) is 41.4 Å². The zero-order valence-corrected chi connectivity index (χ0v) is 18.8. The van der Waals surface area contributed by atoms with Crippen LogP contribution in [0.2, 0.25) is 0 Å². The Hall–Kier alpha value is -2.48. The number of Topliss-reactive ketones (excluding diaryl/α,β-unsaturated/α-hetero) is 1. The van der Waals surface area contributed by atoms with Gasteiger partial charge in [-0.1, -0.05) is 23.1 Å². The van der Waals surface area contributed by atoms with Gasteiger partial charge in [-0.05, 0) is 44.7 Å². The van der Waals surface area contributed by atoms with Gasteiger partial charge in [-0.15, -0.1) is 21.5 Å². The average Bonchev–Trinajstić information content (AvgIpc) is 3.26. The van der Waals surface area contributed by atoms with Crippen molar-refractivity contribution in [1.29, 1.82) is 5.26 Å². The molecule has 3 rings (SSSR count). The minimum atomic E-state index is -0.421. The third-order valence-corrected chi connectivity index (χ3v) is 7.17. The van der Waals surface area contributed by atoms with Gasteiger partial charge >= 0.3 is 0 Å². The molecule has 3 heterocycles. The molecule has 0 fully saturated rings. The molecular weight excluding hydrogens is 426 g/mol. The van der Waals surface area contributed by atoms with Crippen molar-refractivity contribution in [2.75, 3.05) is 11.1 Å². The summed E-state index contributed by atoms with van der Waals surface area (Å²) in [7, 11) is 0. The number of nitrogens with one attached hydrogen (secondary N) is 2. The molecule has 0 saturated carbocycles. The van der Waals surface area contributed by atoms with E-state index in [9.17, 15) is 14.9 Å². The summed E-state index contributed by atoms with van der Waals surface area (Å²) in [6.45, 7) is 7.12. The van der Waals surface area contributed by atoms with Gasteiger partial charge in [-0.25, -0.2) is 0 Å². The number of amides is 1. The number of aryl methyl sites for hydroxylation is 2. The van der Waals surface area contributed by atoms with Crippen molar-refractivity contribution in [1.82, 2.24) is 15.5 Å². The van der Waals surface area contributed by atoms with Crippen LogP contribution in [0.25, 0.3) is 0 Å². The second-order valence-electron chi connectivity index (χ2n) is 6.44. The molecule has 29 heavy (non-hydrogen) atoms. The third kappa shape index (κ3) is 4.58. The predicted octanol–water partition coefficient (Wildman–Crippen LogP) is 3.87. The average molecular weight is 446 g/mol. The molecule has 0 saturated heterocycles. The van der Waals surface area contributed by atoms with Crippen molar-refractivity contribution < 1.29 is 9.59 Å². The standard InChI is InChI=1S/C19H19N5O2S3/c1-9-5-6-27-17(9)16-13(7-20)18(21-10(2)15(16)11(3)25)28-8-14(26)22-19-24-23-12(4)29-19/h5-6,16,21H,8H2,1-4H3,(H,22,24,26)/t16-/m1/s1. The lowest BCUT2D eigenvalue weighted by molar-refractivity contribution is -0.114. The van der Waals surface area contributed by atoms with Crippen molar-refractivity contribution in [2.24, 2.45) is 0 Å². The molecule has 1 aliphatic rings. The molecule has 2 aromatic rings. The van der Waals surface area contributed by atoms with Gasteiger partial charge in [0, 0.05) is 16.1 Å². The van der Waals surface area contributed by atoms with Crippen LogP contribution in [0, 0.1) is 25.2 Å². The van der Waals surface area contributed by atoms with Crippen LogP contribution >= 0.6 is 34.4 Å². The Morgan fingerprint density at radius 1 is 1.34 bits per heavy atom. The summed E-state index contributed by atoms with van der Waals surface area (Å²) in [4.78, 5) is 25.6. The van der Waals surface area contributed by atoms with Crippen molar-refractivity contribution in [3.63, 3.8) is 0 Å². The Morgan fingerprint density at radius 2 is 2.10 bits per heavy atom. The highest BCUT2D eigenvalue weighted by Gasteiger charge is 2.34. The number of carbonyl (C=O) groups excluding carboxylic acids is 2. The molecular formula is C19H19N5O2S3. The van der Waals surface area contributed by atoms with E-state index >= 15 is 0 Å². The molecule has 0 spiro atoms. The SMILES string of the molecule is CC(=O)C1=C(C)NC(SCC(=O)Nc2nnc(C)s2)=C(C#N)[C@H]1c1sccc1C. The quantitative estimate of drug-likeness (QED) is 0.695. The normalized spacial score (nSPS) is 16.4. The highest BCUT2D eigenvalue weighted by atomic mass is 32.2. The maximum atomic E-state index is 12.4. The van der Waals surface area contributed by atoms with E-state index in [0.717, 1.165) is 15.4 Å². The fourth-order valence-corrected chi connectivity index (χ4v) is 5.62. The van der Waals surface area contributed by atoms with Crippen LogP contribution in [-0.4, -0.2) is 27.6 Å². The molecule has 1 aliphatic heterocycles. The van der Waals surface area contributed by atoms with Crippen LogP contribution in [0.5, 0.6) is 0 Å². The van der Waals surface area contributed by atoms with Crippen LogP contribution < -0.4 is 10.6 Å². The summed E-state index contributed by atoms with van der Waals surface area (Å²) in [5.74, 6) is -0.630. The van der Waals surface area contributed by atoms with Crippen LogP contribution in [-0.2, 0) is 9.59 Å². The summed E-state index contributed by atoms with van der Waals surface area (Å²) in [6.07, 6.45) is 0. The molecule has 2 aromatic heterocycles. The van der Waals surface area contributed by atoms with E-state index in [1.807, 2.05) is 32.2 Å². The van der Waals surface area contributed by atoms with E-state index < -0.39 is 5.92 Å². The minimum absolute atomic E-state index is 0.0750. The third-order valence-electron chi connectivity index (χ3n) is 4.31. The number of allylic oxidation sites excluding steroid dienone is 3. The number of hydrogen-bond acceptors (Lipinski definition) is 9. The predicted molar refractivity (Wildman–Crippen MR) is 117 cm³/mol. The first-order chi connectivity index (χ1) is 13.8. The monoisotopic (exact) mass is 445 g/mol. The molecule has 1 amide bonds. The van der Waals surface area contributed by atoms with Gasteiger partial charge in [-0.2, -0.15) is 5.26 Å². The van der Waals surface area contributed by atoms with E-state index in [0.29, 0.717) is 27.0 Å².